The van der Waals surface area contributed by atoms with Crippen molar-refractivity contribution in [3.63, 3.8) is 0 Å². The average molecular weight is 599 g/mol. The molecule has 4 N–H and O–H groups in total. The molecular weight excluding hydrogens is 569 g/mol. The maximum absolute atomic E-state index is 13.5. The molecule has 1 unspecified atom stereocenters. The van der Waals surface area contributed by atoms with Gasteiger partial charge in [0.25, 0.3) is 10.0 Å². The highest BCUT2D eigenvalue weighted by molar-refractivity contribution is 7.93. The van der Waals surface area contributed by atoms with Crippen molar-refractivity contribution in [2.75, 3.05) is 23.5 Å². The summed E-state index contributed by atoms with van der Waals surface area (Å²) in [5, 5.41) is 8.51. The van der Waals surface area contributed by atoms with Gasteiger partial charge >= 0.3 is 5.76 Å². The van der Waals surface area contributed by atoms with E-state index >= 15 is 0 Å². The molecule has 0 spiro atoms. The number of rotatable bonds is 7. The van der Waals surface area contributed by atoms with Crippen LogP contribution in [-0.2, 0) is 17.1 Å². The number of aryl methyl sites for hydroxylation is 1. The van der Waals surface area contributed by atoms with Gasteiger partial charge in [0, 0.05) is 24.7 Å². The topological polar surface area (TPSA) is 124 Å². The first-order valence-corrected chi connectivity index (χ1v) is 14.8. The fourth-order valence-corrected chi connectivity index (χ4v) is 5.38. The molecule has 0 bridgehead atoms. The molecule has 2 aromatic carbocycles. The Morgan fingerprint density at radius 3 is 2.57 bits per heavy atom. The molecule has 2 aromatic heterocycles. The standard InChI is InChI=1S/C29H29F3N6O3S/c1-17(19-5-8-22(30)9-6-19)41-24-15-20(7-10-23(24)37-42(39,40)29(31)32)26-25-27(38(2)36-26)21(16-35-28(25)33)4-3-18-11-13-34-14-12-18/h5-10,15-18,29,34,37H,11-14H2,1-2H3,(H2,33,35). The molecule has 3 heterocycles. The van der Waals surface area contributed by atoms with E-state index in [1.54, 1.807) is 24.9 Å². The lowest BCUT2D eigenvalue weighted by Crippen LogP contribution is -2.26. The van der Waals surface area contributed by atoms with Crippen molar-refractivity contribution in [3.05, 3.63) is 65.6 Å². The molecule has 5 rings (SSSR count). The smallest absolute Gasteiger partial charge is 0.355 e. The number of hydrogen-bond acceptors (Lipinski definition) is 7. The highest BCUT2D eigenvalue weighted by Crippen LogP contribution is 2.38. The number of pyridine rings is 1. The van der Waals surface area contributed by atoms with E-state index in [1.807, 2.05) is 4.72 Å². The number of fused-ring (bicyclic) bond motifs is 1. The number of anilines is 2. The van der Waals surface area contributed by atoms with Crippen molar-refractivity contribution in [2.24, 2.45) is 13.0 Å². The number of nitrogen functional groups attached to an aromatic ring is 1. The zero-order valence-electron chi connectivity index (χ0n) is 22.9. The van der Waals surface area contributed by atoms with Gasteiger partial charge in [0.05, 0.1) is 22.2 Å². The Morgan fingerprint density at radius 1 is 1.17 bits per heavy atom. The zero-order chi connectivity index (χ0) is 30.0. The van der Waals surface area contributed by atoms with Crippen LogP contribution in [0, 0.1) is 23.6 Å². The van der Waals surface area contributed by atoms with Crippen LogP contribution in [0.1, 0.15) is 37.0 Å². The van der Waals surface area contributed by atoms with Gasteiger partial charge < -0.3 is 15.8 Å². The van der Waals surface area contributed by atoms with E-state index < -0.39 is 27.7 Å². The Bertz CT molecular complexity index is 1780. The van der Waals surface area contributed by atoms with Crippen LogP contribution in [0.4, 0.5) is 24.7 Å². The van der Waals surface area contributed by atoms with Crippen LogP contribution in [0.5, 0.6) is 5.75 Å². The second-order valence-corrected chi connectivity index (χ2v) is 11.6. The van der Waals surface area contributed by atoms with Crippen LogP contribution in [0.2, 0.25) is 0 Å². The van der Waals surface area contributed by atoms with Gasteiger partial charge in [-0.15, -0.1) is 0 Å². The van der Waals surface area contributed by atoms with Gasteiger partial charge in [0.1, 0.15) is 29.2 Å². The van der Waals surface area contributed by atoms with Gasteiger partial charge in [-0.05, 0) is 62.7 Å². The summed E-state index contributed by atoms with van der Waals surface area (Å²) in [4.78, 5) is 4.35. The van der Waals surface area contributed by atoms with Crippen molar-refractivity contribution in [2.45, 2.75) is 31.6 Å². The van der Waals surface area contributed by atoms with Crippen molar-refractivity contribution >= 4 is 32.4 Å². The van der Waals surface area contributed by atoms with Crippen LogP contribution >= 0.6 is 0 Å². The van der Waals surface area contributed by atoms with Crippen molar-refractivity contribution in [3.8, 4) is 28.8 Å². The summed E-state index contributed by atoms with van der Waals surface area (Å²) in [6.07, 6.45) is 2.82. The predicted molar refractivity (Wildman–Crippen MR) is 155 cm³/mol. The van der Waals surface area contributed by atoms with Gasteiger partial charge in [-0.25, -0.2) is 17.8 Å². The van der Waals surface area contributed by atoms with E-state index in [1.165, 1.54) is 42.5 Å². The number of alkyl halides is 2. The molecule has 9 nitrogen and oxygen atoms in total. The Labute approximate surface area is 241 Å². The van der Waals surface area contributed by atoms with Crippen LogP contribution in [-0.4, -0.2) is 42.0 Å². The van der Waals surface area contributed by atoms with Crippen molar-refractivity contribution < 1.29 is 26.3 Å². The molecule has 1 saturated heterocycles. The summed E-state index contributed by atoms with van der Waals surface area (Å²) in [5.41, 5.74) is 8.91. The number of halogens is 3. The summed E-state index contributed by atoms with van der Waals surface area (Å²) in [6.45, 7) is 3.49. The van der Waals surface area contributed by atoms with Crippen LogP contribution in [0.3, 0.4) is 0 Å². The Hall–Kier alpha value is -4.28. The first-order chi connectivity index (χ1) is 20.0. The molecule has 220 valence electrons. The summed E-state index contributed by atoms with van der Waals surface area (Å²) in [7, 11) is -3.25. The molecule has 13 heteroatoms. The number of nitrogens with two attached hydrogens (primary N) is 1. The maximum Gasteiger partial charge on any atom is 0.355 e. The Morgan fingerprint density at radius 2 is 1.88 bits per heavy atom. The molecule has 0 radical (unpaired) electrons. The monoisotopic (exact) mass is 598 g/mol. The molecule has 1 atom stereocenters. The fraction of sp³-hybridized carbons (Fsp3) is 0.310. The number of sulfonamides is 1. The lowest BCUT2D eigenvalue weighted by molar-refractivity contribution is 0.228. The maximum atomic E-state index is 13.5. The quantitative estimate of drug-likeness (QED) is 0.261. The molecule has 0 saturated carbocycles. The van der Waals surface area contributed by atoms with Gasteiger partial charge in [-0.3, -0.25) is 9.40 Å². The number of nitrogens with one attached hydrogen (secondary N) is 2. The molecule has 4 aromatic rings. The van der Waals surface area contributed by atoms with Gasteiger partial charge in [-0.1, -0.05) is 30.0 Å². The SMILES string of the molecule is CC(Oc1cc(-c2nn(C)c3c(C#CC4CCNCC4)cnc(N)c23)ccc1NS(=O)(=O)C(F)F)c1ccc(F)cc1. The van der Waals surface area contributed by atoms with E-state index in [4.69, 9.17) is 10.5 Å². The Kier molecular flexibility index (Phi) is 8.29. The summed E-state index contributed by atoms with van der Waals surface area (Å²) < 4.78 is 73.5. The summed E-state index contributed by atoms with van der Waals surface area (Å²) in [6, 6.07) is 9.86. The number of piperidine rings is 1. The molecule has 42 heavy (non-hydrogen) atoms. The van der Waals surface area contributed by atoms with E-state index in [-0.39, 0.29) is 23.2 Å². The average Bonchev–Trinajstić information content (AvgIpc) is 3.32. The van der Waals surface area contributed by atoms with Gasteiger partial charge in [-0.2, -0.15) is 13.9 Å². The normalized spacial score (nSPS) is 14.9. The number of benzene rings is 2. The third-order valence-corrected chi connectivity index (χ3v) is 8.00. The molecule has 0 amide bonds. The third-order valence-electron chi connectivity index (χ3n) is 7.03. The highest BCUT2D eigenvalue weighted by atomic mass is 32.2. The highest BCUT2D eigenvalue weighted by Gasteiger charge is 2.26. The Balaban J connectivity index is 1.58. The second-order valence-electron chi connectivity index (χ2n) is 9.98. The molecule has 1 aliphatic rings. The first-order valence-electron chi connectivity index (χ1n) is 13.2. The van der Waals surface area contributed by atoms with Crippen LogP contribution in [0.15, 0.2) is 48.7 Å². The van der Waals surface area contributed by atoms with Gasteiger partial charge in [0.2, 0.25) is 0 Å². The lowest BCUT2D eigenvalue weighted by atomic mass is 9.98. The molecule has 0 aliphatic carbocycles. The number of hydrogen-bond donors (Lipinski definition) is 3. The summed E-state index contributed by atoms with van der Waals surface area (Å²) >= 11 is 0. The van der Waals surface area contributed by atoms with Crippen LogP contribution < -0.4 is 20.5 Å². The van der Waals surface area contributed by atoms with E-state index in [9.17, 15) is 21.6 Å². The first kappa shape index (κ1) is 29.2. The van der Waals surface area contributed by atoms with E-state index in [0.717, 1.165) is 25.9 Å². The van der Waals surface area contributed by atoms with Crippen LogP contribution in [0.25, 0.3) is 22.2 Å². The van der Waals surface area contributed by atoms with Crippen molar-refractivity contribution in [1.29, 1.82) is 0 Å². The van der Waals surface area contributed by atoms with E-state index in [2.05, 4.69) is 27.2 Å². The molecule has 1 aliphatic heterocycles. The zero-order valence-corrected chi connectivity index (χ0v) is 23.7. The predicted octanol–water partition coefficient (Wildman–Crippen LogP) is 4.81. The van der Waals surface area contributed by atoms with E-state index in [0.29, 0.717) is 33.3 Å². The number of nitrogens with zero attached hydrogens (tertiary/aromatic N) is 3. The molecular formula is C29H29F3N6O3S. The molecule has 1 fully saturated rings. The number of ether oxygens (including phenoxy) is 1. The second kappa shape index (κ2) is 11.9. The minimum absolute atomic E-state index is 0.0410. The lowest BCUT2D eigenvalue weighted by Gasteiger charge is -2.19. The van der Waals surface area contributed by atoms with Gasteiger partial charge in [0.15, 0.2) is 0 Å². The minimum Gasteiger partial charge on any atom is -0.484 e. The number of aromatic nitrogens is 3. The largest absolute Gasteiger partial charge is 0.484 e. The van der Waals surface area contributed by atoms with Crippen molar-refractivity contribution in [1.82, 2.24) is 20.1 Å². The summed E-state index contributed by atoms with van der Waals surface area (Å²) in [5.74, 6) is 2.91. The fourth-order valence-electron chi connectivity index (χ4n) is 4.82. The third kappa shape index (κ3) is 6.14. The minimum atomic E-state index is -5.00.